The van der Waals surface area contributed by atoms with Crippen LogP contribution in [0.1, 0.15) is 6.42 Å². The molecule has 2 aliphatic heterocycles. The maximum Gasteiger partial charge on any atom is 0.239 e. The fourth-order valence-electron chi connectivity index (χ4n) is 3.20. The molecule has 0 spiro atoms. The van der Waals surface area contributed by atoms with Crippen LogP contribution < -0.4 is 10.2 Å². The van der Waals surface area contributed by atoms with Gasteiger partial charge >= 0.3 is 0 Å². The molecule has 3 rings (SSSR count). The predicted octanol–water partition coefficient (Wildman–Crippen LogP) is 1.83. The van der Waals surface area contributed by atoms with E-state index in [-0.39, 0.29) is 48.6 Å². The van der Waals surface area contributed by atoms with Crippen LogP contribution in [-0.2, 0) is 9.53 Å². The van der Waals surface area contributed by atoms with E-state index in [0.717, 1.165) is 6.07 Å². The van der Waals surface area contributed by atoms with Crippen molar-refractivity contribution in [1.82, 2.24) is 10.2 Å². The van der Waals surface area contributed by atoms with Crippen molar-refractivity contribution in [3.63, 3.8) is 0 Å². The second-order valence-electron chi connectivity index (χ2n) is 5.94. The number of anilines is 1. The summed E-state index contributed by atoms with van der Waals surface area (Å²) in [6.45, 7) is 2.68. The predicted molar refractivity (Wildman–Crippen MR) is 96.9 cm³/mol. The Labute approximate surface area is 158 Å². The number of rotatable bonds is 3. The topological polar surface area (TPSA) is 44.8 Å². The molecule has 0 bridgehead atoms. The molecule has 2 saturated heterocycles. The first-order chi connectivity index (χ1) is 11.1. The van der Waals surface area contributed by atoms with Crippen molar-refractivity contribution in [2.75, 3.05) is 44.7 Å². The number of hydrogen-bond donors (Lipinski definition) is 1. The van der Waals surface area contributed by atoms with Gasteiger partial charge in [-0.25, -0.2) is 8.78 Å². The quantitative estimate of drug-likeness (QED) is 0.844. The van der Waals surface area contributed by atoms with Crippen molar-refractivity contribution in [3.8, 4) is 0 Å². The minimum Gasteiger partial charge on any atom is -0.380 e. The Morgan fingerprint density at radius 2 is 1.88 bits per heavy atom. The van der Waals surface area contributed by atoms with Gasteiger partial charge in [-0.2, -0.15) is 0 Å². The molecule has 2 atom stereocenters. The number of halogens is 4. The molecule has 1 aromatic carbocycles. The maximum absolute atomic E-state index is 13.8. The van der Waals surface area contributed by atoms with E-state index >= 15 is 0 Å². The highest BCUT2D eigenvalue weighted by Crippen LogP contribution is 2.23. The molecule has 0 aliphatic carbocycles. The molecule has 142 valence electrons. The molecule has 0 saturated carbocycles. The summed E-state index contributed by atoms with van der Waals surface area (Å²) in [6.07, 6.45) is 0.750. The van der Waals surface area contributed by atoms with Crippen molar-refractivity contribution in [2.24, 2.45) is 0 Å². The Bertz CT molecular complexity index is 586. The average Bonchev–Trinajstić information content (AvgIpc) is 3.06. The summed E-state index contributed by atoms with van der Waals surface area (Å²) in [5, 5.41) is 3.17. The van der Waals surface area contributed by atoms with E-state index in [1.54, 1.807) is 23.0 Å². The third-order valence-corrected chi connectivity index (χ3v) is 4.59. The van der Waals surface area contributed by atoms with Gasteiger partial charge in [0.25, 0.3) is 0 Å². The number of hydrogen-bond acceptors (Lipinski definition) is 4. The number of carbonyl (C=O) groups is 1. The van der Waals surface area contributed by atoms with E-state index in [4.69, 9.17) is 4.74 Å². The summed E-state index contributed by atoms with van der Waals surface area (Å²) in [7, 11) is 1.64. The minimum absolute atomic E-state index is 0. The van der Waals surface area contributed by atoms with Gasteiger partial charge in [-0.1, -0.05) is 6.07 Å². The molecular formula is C16H23Cl2F2N3O2. The molecule has 1 N–H and O–H groups in total. The Hall–Kier alpha value is -1.15. The van der Waals surface area contributed by atoms with Crippen LogP contribution >= 0.6 is 24.8 Å². The second-order valence-corrected chi connectivity index (χ2v) is 5.94. The van der Waals surface area contributed by atoms with E-state index in [2.05, 4.69) is 5.32 Å². The summed E-state index contributed by atoms with van der Waals surface area (Å²) in [4.78, 5) is 16.0. The maximum atomic E-state index is 13.8. The fourth-order valence-corrected chi connectivity index (χ4v) is 3.20. The molecule has 2 aliphatic rings. The van der Waals surface area contributed by atoms with E-state index < -0.39 is 11.6 Å². The number of nitrogens with one attached hydrogen (secondary N) is 1. The van der Waals surface area contributed by atoms with E-state index in [1.165, 1.54) is 6.07 Å². The Morgan fingerprint density at radius 3 is 2.48 bits per heavy atom. The van der Waals surface area contributed by atoms with Gasteiger partial charge in [0, 0.05) is 39.8 Å². The SMILES string of the molecule is CO[C@@H]1CN[C@H](C(=O)N2CCN(c3cccc(F)c3F)CC2)C1.Cl.Cl. The monoisotopic (exact) mass is 397 g/mol. The van der Waals surface area contributed by atoms with Crippen LogP contribution in [0.15, 0.2) is 18.2 Å². The smallest absolute Gasteiger partial charge is 0.239 e. The van der Waals surface area contributed by atoms with E-state index in [0.29, 0.717) is 39.1 Å². The lowest BCUT2D eigenvalue weighted by Gasteiger charge is -2.37. The van der Waals surface area contributed by atoms with Crippen LogP contribution in [-0.4, -0.2) is 62.8 Å². The lowest BCUT2D eigenvalue weighted by Crippen LogP contribution is -2.53. The van der Waals surface area contributed by atoms with Crippen LogP contribution in [0.4, 0.5) is 14.5 Å². The van der Waals surface area contributed by atoms with Crippen molar-refractivity contribution in [3.05, 3.63) is 29.8 Å². The molecule has 2 fully saturated rings. The largest absolute Gasteiger partial charge is 0.380 e. The van der Waals surface area contributed by atoms with Gasteiger partial charge in [0.1, 0.15) is 0 Å². The molecule has 25 heavy (non-hydrogen) atoms. The second kappa shape index (κ2) is 9.52. The van der Waals surface area contributed by atoms with Gasteiger partial charge in [-0.15, -0.1) is 24.8 Å². The molecule has 5 nitrogen and oxygen atoms in total. The number of methoxy groups -OCH3 is 1. The minimum atomic E-state index is -0.846. The zero-order chi connectivity index (χ0) is 16.4. The Kier molecular flexibility index (Phi) is 8.34. The number of amides is 1. The lowest BCUT2D eigenvalue weighted by atomic mass is 10.1. The van der Waals surface area contributed by atoms with Crippen LogP contribution in [0.2, 0.25) is 0 Å². The highest BCUT2D eigenvalue weighted by Gasteiger charge is 2.33. The van der Waals surface area contributed by atoms with Gasteiger partial charge in [0.15, 0.2) is 11.6 Å². The fraction of sp³-hybridized carbons (Fsp3) is 0.562. The summed E-state index contributed by atoms with van der Waals surface area (Å²) >= 11 is 0. The zero-order valence-corrected chi connectivity index (χ0v) is 15.5. The lowest BCUT2D eigenvalue weighted by molar-refractivity contribution is -0.133. The number of nitrogens with zero attached hydrogens (tertiary/aromatic N) is 2. The number of benzene rings is 1. The van der Waals surface area contributed by atoms with Crippen LogP contribution in [0.25, 0.3) is 0 Å². The van der Waals surface area contributed by atoms with Gasteiger partial charge < -0.3 is 19.9 Å². The summed E-state index contributed by atoms with van der Waals surface area (Å²) in [6, 6.07) is 3.96. The summed E-state index contributed by atoms with van der Waals surface area (Å²) in [5.74, 6) is -1.61. The first kappa shape index (κ1) is 21.9. The normalized spacial score (nSPS) is 23.0. The molecule has 0 radical (unpaired) electrons. The highest BCUT2D eigenvalue weighted by atomic mass is 35.5. The van der Waals surface area contributed by atoms with Gasteiger partial charge in [-0.3, -0.25) is 4.79 Å². The van der Waals surface area contributed by atoms with E-state index in [1.807, 2.05) is 0 Å². The molecule has 0 unspecified atom stereocenters. The van der Waals surface area contributed by atoms with Crippen LogP contribution in [0, 0.1) is 11.6 Å². The first-order valence-electron chi connectivity index (χ1n) is 7.84. The zero-order valence-electron chi connectivity index (χ0n) is 13.9. The Morgan fingerprint density at radius 1 is 1.20 bits per heavy atom. The van der Waals surface area contributed by atoms with Crippen LogP contribution in [0.3, 0.4) is 0 Å². The average molecular weight is 398 g/mol. The van der Waals surface area contributed by atoms with Crippen LogP contribution in [0.5, 0.6) is 0 Å². The first-order valence-corrected chi connectivity index (χ1v) is 7.84. The van der Waals surface area contributed by atoms with Gasteiger partial charge in [0.05, 0.1) is 17.8 Å². The van der Waals surface area contributed by atoms with Gasteiger partial charge in [-0.05, 0) is 18.6 Å². The molecule has 1 aromatic rings. The molecule has 9 heteroatoms. The number of ether oxygens (including phenoxy) is 1. The van der Waals surface area contributed by atoms with Crippen molar-refractivity contribution in [2.45, 2.75) is 18.6 Å². The summed E-state index contributed by atoms with van der Waals surface area (Å²) < 4.78 is 32.4. The third-order valence-electron chi connectivity index (χ3n) is 4.59. The number of piperazine rings is 1. The molecular weight excluding hydrogens is 375 g/mol. The standard InChI is InChI=1S/C16H21F2N3O2.2ClH/c1-23-11-9-13(19-10-11)16(22)21-7-5-20(6-8-21)14-4-2-3-12(17)15(14)18;;/h2-4,11,13,19H,5-10H2,1H3;2*1H/t11-,13-;;/m0../s1. The van der Waals surface area contributed by atoms with Crippen molar-refractivity contribution >= 4 is 36.4 Å². The van der Waals surface area contributed by atoms with Crippen molar-refractivity contribution < 1.29 is 18.3 Å². The van der Waals surface area contributed by atoms with Gasteiger partial charge in [0.2, 0.25) is 5.91 Å². The highest BCUT2D eigenvalue weighted by molar-refractivity contribution is 5.85. The molecule has 1 amide bonds. The Balaban J connectivity index is 0.00000156. The number of carbonyl (C=O) groups excluding carboxylic acids is 1. The van der Waals surface area contributed by atoms with Crippen molar-refractivity contribution in [1.29, 1.82) is 0 Å². The molecule has 0 aromatic heterocycles. The third kappa shape index (κ3) is 4.73. The summed E-state index contributed by atoms with van der Waals surface area (Å²) in [5.41, 5.74) is 0.260. The molecule has 2 heterocycles. The van der Waals surface area contributed by atoms with E-state index in [9.17, 15) is 13.6 Å².